The summed E-state index contributed by atoms with van der Waals surface area (Å²) in [6.45, 7) is 4.27. The second-order valence-corrected chi connectivity index (χ2v) is 12.5. The van der Waals surface area contributed by atoms with E-state index in [0.29, 0.717) is 18.5 Å². The lowest BCUT2D eigenvalue weighted by Crippen LogP contribution is -2.71. The number of piperidine rings is 1. The molecule has 0 aromatic heterocycles. The maximum Gasteiger partial charge on any atom is 0.353 e. The number of phenols is 1. The van der Waals surface area contributed by atoms with E-state index in [0.717, 1.165) is 5.56 Å². The molecule has 1 aliphatic carbocycles. The van der Waals surface area contributed by atoms with E-state index in [-0.39, 0.29) is 35.3 Å². The van der Waals surface area contributed by atoms with Gasteiger partial charge < -0.3 is 49.4 Å². The van der Waals surface area contributed by atoms with E-state index in [4.69, 9.17) is 24.1 Å². The Balaban J connectivity index is 1.33. The number of aliphatic hydroxyl groups excluding tert-OH is 1. The second-order valence-electron chi connectivity index (χ2n) is 12.5. The molecular formula is C34H37NO14. The Kier molecular flexibility index (Phi) is 9.72. The quantitative estimate of drug-likeness (QED) is 0.167. The molecule has 0 radical (unpaired) electrons. The van der Waals surface area contributed by atoms with Gasteiger partial charge in [0.2, 0.25) is 12.2 Å². The lowest BCUT2D eigenvalue weighted by atomic mass is 9.54. The highest BCUT2D eigenvalue weighted by atomic mass is 16.6. The van der Waals surface area contributed by atoms with Gasteiger partial charge in [0.15, 0.2) is 23.7 Å². The molecular weight excluding hydrogens is 646 g/mol. The molecule has 0 bridgehead atoms. The molecule has 2 aromatic rings. The SMILES string of the molecule is Cc1ccc(O)c2c1[C@]13CCN(C)[C@H](C)[C@]1(O)CC=C(OC(=O)C[C@H](O)C(=O)O[C@H](C(=O)O[C@H](CC(=O)O)C(=O)O)c1ccccc1)[C@@H]3O2. The molecule has 1 spiro atoms. The van der Waals surface area contributed by atoms with Crippen molar-refractivity contribution in [2.45, 2.75) is 81.0 Å². The normalized spacial score (nSPS) is 25.9. The summed E-state index contributed by atoms with van der Waals surface area (Å²) in [6, 6.07) is 10.1. The number of carboxylic acids is 2. The smallest absolute Gasteiger partial charge is 0.353 e. The first-order valence-electron chi connectivity index (χ1n) is 15.5. The van der Waals surface area contributed by atoms with Crippen LogP contribution in [0.15, 0.2) is 54.3 Å². The molecule has 2 aliphatic heterocycles. The van der Waals surface area contributed by atoms with E-state index in [9.17, 15) is 44.4 Å². The van der Waals surface area contributed by atoms with Crippen LogP contribution in [0, 0.1) is 6.92 Å². The van der Waals surface area contributed by atoms with Gasteiger partial charge in [-0.15, -0.1) is 0 Å². The Morgan fingerprint density at radius 3 is 2.37 bits per heavy atom. The summed E-state index contributed by atoms with van der Waals surface area (Å²) >= 11 is 0. The second kappa shape index (κ2) is 13.5. The number of aliphatic carboxylic acids is 2. The van der Waals surface area contributed by atoms with Crippen LogP contribution in [0.25, 0.3) is 0 Å². The van der Waals surface area contributed by atoms with E-state index in [2.05, 4.69) is 0 Å². The van der Waals surface area contributed by atoms with Crippen LogP contribution in [0.4, 0.5) is 0 Å². The van der Waals surface area contributed by atoms with Gasteiger partial charge in [-0.1, -0.05) is 36.4 Å². The van der Waals surface area contributed by atoms with Gasteiger partial charge in [-0.2, -0.15) is 0 Å². The summed E-state index contributed by atoms with van der Waals surface area (Å²) in [6.07, 6.45) is -7.26. The number of phenolic OH excluding ortho intramolecular Hbond substituents is 1. The first-order valence-corrected chi connectivity index (χ1v) is 15.5. The van der Waals surface area contributed by atoms with Crippen molar-refractivity contribution in [3.8, 4) is 11.5 Å². The van der Waals surface area contributed by atoms with Crippen LogP contribution in [-0.2, 0) is 43.6 Å². The third kappa shape index (κ3) is 6.32. The molecule has 0 saturated carbocycles. The largest absolute Gasteiger partial charge is 0.504 e. The van der Waals surface area contributed by atoms with Crippen molar-refractivity contribution < 1.29 is 68.5 Å². The molecule has 5 rings (SSSR count). The summed E-state index contributed by atoms with van der Waals surface area (Å²) in [4.78, 5) is 63.6. The number of aliphatic hydroxyl groups is 2. The van der Waals surface area contributed by atoms with Crippen LogP contribution >= 0.6 is 0 Å². The zero-order valence-corrected chi connectivity index (χ0v) is 26.9. The summed E-state index contributed by atoms with van der Waals surface area (Å²) in [7, 11) is 1.89. The first kappa shape index (κ1) is 35.3. The number of fused-ring (bicyclic) bond motifs is 1. The molecule has 5 N–H and O–H groups in total. The van der Waals surface area contributed by atoms with Crippen LogP contribution in [-0.4, -0.2) is 104 Å². The van der Waals surface area contributed by atoms with E-state index in [1.807, 2.05) is 25.8 Å². The van der Waals surface area contributed by atoms with Crippen molar-refractivity contribution in [1.29, 1.82) is 0 Å². The highest BCUT2D eigenvalue weighted by molar-refractivity contribution is 5.87. The molecule has 3 aliphatic rings. The Morgan fingerprint density at radius 2 is 1.71 bits per heavy atom. The summed E-state index contributed by atoms with van der Waals surface area (Å²) in [5, 5.41) is 51.9. The van der Waals surface area contributed by atoms with Gasteiger partial charge >= 0.3 is 29.8 Å². The Morgan fingerprint density at radius 1 is 1.02 bits per heavy atom. The van der Waals surface area contributed by atoms with Crippen molar-refractivity contribution in [2.75, 3.05) is 13.6 Å². The van der Waals surface area contributed by atoms with Crippen molar-refractivity contribution in [2.24, 2.45) is 0 Å². The first-order chi connectivity index (χ1) is 23.1. The number of esters is 3. The van der Waals surface area contributed by atoms with Gasteiger partial charge in [-0.25, -0.2) is 14.4 Å². The van der Waals surface area contributed by atoms with Gasteiger partial charge in [-0.3, -0.25) is 9.59 Å². The van der Waals surface area contributed by atoms with Crippen LogP contribution in [0.1, 0.15) is 55.4 Å². The number of benzene rings is 2. The monoisotopic (exact) mass is 683 g/mol. The van der Waals surface area contributed by atoms with Crippen molar-refractivity contribution in [3.05, 3.63) is 71.0 Å². The Hall–Kier alpha value is -4.99. The number of hydrogen-bond donors (Lipinski definition) is 5. The van der Waals surface area contributed by atoms with Crippen LogP contribution in [0.3, 0.4) is 0 Å². The standard InChI is InChI=1S/C34H37NO14/c1-17-9-10-20(36)28-26(17)33-13-14-35(3)18(2)34(33,45)12-11-22(29(33)48-28)46-25(40)15-21(37)31(43)49-27(19-7-5-4-6-8-19)32(44)47-23(30(41)42)16-24(38)39/h4-11,18,21,23,27,29,36-37,45H,12-16H2,1-3H3,(H,38,39)(H,41,42)/t18-,21+,23-,27+,29+,33+,34-/m1/s1. The molecule has 0 amide bonds. The Bertz CT molecular complexity index is 1690. The lowest BCUT2D eigenvalue weighted by molar-refractivity contribution is -0.183. The van der Waals surface area contributed by atoms with E-state index >= 15 is 0 Å². The van der Waals surface area contributed by atoms with Crippen molar-refractivity contribution in [3.63, 3.8) is 0 Å². The van der Waals surface area contributed by atoms with Crippen LogP contribution in [0.5, 0.6) is 11.5 Å². The molecule has 2 heterocycles. The Labute approximate surface area is 280 Å². The number of carbonyl (C=O) groups excluding carboxylic acids is 3. The minimum atomic E-state index is -2.16. The van der Waals surface area contributed by atoms with E-state index in [1.54, 1.807) is 12.1 Å². The van der Waals surface area contributed by atoms with Crippen LogP contribution in [0.2, 0.25) is 0 Å². The molecule has 7 atom stereocenters. The minimum Gasteiger partial charge on any atom is -0.504 e. The number of rotatable bonds is 11. The average molecular weight is 684 g/mol. The summed E-state index contributed by atoms with van der Waals surface area (Å²) in [5.41, 5.74) is -1.11. The number of carboxylic acid groups (broad SMARTS) is 2. The maximum atomic E-state index is 13.2. The fourth-order valence-corrected chi connectivity index (χ4v) is 7.03. The number of aryl methyl sites for hydroxylation is 1. The van der Waals surface area contributed by atoms with Crippen molar-refractivity contribution in [1.82, 2.24) is 4.90 Å². The van der Waals surface area contributed by atoms with Gasteiger partial charge in [0.25, 0.3) is 0 Å². The molecule has 1 fully saturated rings. The third-order valence-corrected chi connectivity index (χ3v) is 9.64. The fourth-order valence-electron chi connectivity index (χ4n) is 7.03. The summed E-state index contributed by atoms with van der Waals surface area (Å²) < 4.78 is 21.9. The molecule has 2 aromatic carbocycles. The maximum absolute atomic E-state index is 13.2. The molecule has 0 unspecified atom stereocenters. The van der Waals surface area contributed by atoms with Gasteiger partial charge in [-0.05, 0) is 51.6 Å². The number of nitrogens with zero attached hydrogens (tertiary/aromatic N) is 1. The van der Waals surface area contributed by atoms with Gasteiger partial charge in [0.1, 0.15) is 5.76 Å². The number of ether oxygens (including phenoxy) is 4. The zero-order chi connectivity index (χ0) is 35.8. The number of carbonyl (C=O) groups is 5. The number of likely N-dealkylation sites (N-methyl/N-ethyl adjacent to an activating group) is 1. The minimum absolute atomic E-state index is 0.0177. The summed E-state index contributed by atoms with van der Waals surface area (Å²) in [5.74, 6) is -7.22. The van der Waals surface area contributed by atoms with Crippen molar-refractivity contribution >= 4 is 29.8 Å². The molecule has 262 valence electrons. The van der Waals surface area contributed by atoms with Crippen LogP contribution < -0.4 is 4.74 Å². The predicted octanol–water partition coefficient (Wildman–Crippen LogP) is 1.49. The number of likely N-dealkylation sites (tertiary alicyclic amines) is 1. The van der Waals surface area contributed by atoms with Gasteiger partial charge in [0.05, 0.1) is 23.9 Å². The highest BCUT2D eigenvalue weighted by Gasteiger charge is 2.69. The molecule has 15 heteroatoms. The molecule has 49 heavy (non-hydrogen) atoms. The highest BCUT2D eigenvalue weighted by Crippen LogP contribution is 2.62. The van der Waals surface area contributed by atoms with E-state index < -0.39 is 78.1 Å². The number of aromatic hydroxyl groups is 1. The number of hydrogen-bond acceptors (Lipinski definition) is 13. The molecule has 1 saturated heterocycles. The average Bonchev–Trinajstić information content (AvgIpc) is 3.42. The molecule has 15 nitrogen and oxygen atoms in total. The van der Waals surface area contributed by atoms with Gasteiger partial charge in [0, 0.05) is 23.6 Å². The lowest BCUT2D eigenvalue weighted by Gasteiger charge is -2.58. The fraction of sp³-hybridized carbons (Fsp3) is 0.441. The van der Waals surface area contributed by atoms with E-state index in [1.165, 1.54) is 36.4 Å². The topological polar surface area (TPSA) is 227 Å². The predicted molar refractivity (Wildman–Crippen MR) is 165 cm³/mol. The zero-order valence-electron chi connectivity index (χ0n) is 26.9. The third-order valence-electron chi connectivity index (χ3n) is 9.64.